The Kier molecular flexibility index (Phi) is 2.67. The van der Waals surface area contributed by atoms with Crippen molar-refractivity contribution in [2.45, 2.75) is 38.0 Å². The normalized spacial score (nSPS) is 15.9. The smallest absolute Gasteiger partial charge is 0.180 e. The minimum Gasteiger partial charge on any atom is -0.375 e. The van der Waals surface area contributed by atoms with E-state index in [0.29, 0.717) is 5.13 Å². The number of hydrogen-bond acceptors (Lipinski definition) is 3. The summed E-state index contributed by atoms with van der Waals surface area (Å²) in [6.07, 6.45) is 2.71. The zero-order chi connectivity index (χ0) is 12.8. The van der Waals surface area contributed by atoms with Gasteiger partial charge in [-0.25, -0.2) is 4.98 Å². The summed E-state index contributed by atoms with van der Waals surface area (Å²) in [5.74, 6) is 0.817. The van der Waals surface area contributed by atoms with Gasteiger partial charge in [0.05, 0.1) is 5.69 Å². The molecular weight excluding hydrogens is 240 g/mol. The molecule has 0 atom stereocenters. The summed E-state index contributed by atoms with van der Waals surface area (Å²) in [6.45, 7) is 4.40. The van der Waals surface area contributed by atoms with E-state index in [9.17, 15) is 0 Å². The summed E-state index contributed by atoms with van der Waals surface area (Å²) in [7, 11) is 0. The van der Waals surface area contributed by atoms with Crippen LogP contribution in [-0.2, 0) is 5.41 Å². The van der Waals surface area contributed by atoms with Crippen molar-refractivity contribution in [3.8, 4) is 0 Å². The SMILES string of the molecule is CC(C)(c1ccc(C2CC2)cc1)c1csc(N)n1. The lowest BCUT2D eigenvalue weighted by atomic mass is 9.81. The lowest BCUT2D eigenvalue weighted by Gasteiger charge is -2.23. The highest BCUT2D eigenvalue weighted by molar-refractivity contribution is 7.13. The van der Waals surface area contributed by atoms with Gasteiger partial charge in [0.1, 0.15) is 0 Å². The van der Waals surface area contributed by atoms with Crippen LogP contribution < -0.4 is 5.73 Å². The summed E-state index contributed by atoms with van der Waals surface area (Å²) >= 11 is 1.51. The van der Waals surface area contributed by atoms with Gasteiger partial charge in [0, 0.05) is 10.8 Å². The molecule has 0 radical (unpaired) electrons. The van der Waals surface area contributed by atoms with E-state index in [1.807, 2.05) is 0 Å². The van der Waals surface area contributed by atoms with E-state index < -0.39 is 0 Å². The van der Waals surface area contributed by atoms with Gasteiger partial charge in [-0.1, -0.05) is 38.1 Å². The number of aromatic nitrogens is 1. The molecule has 1 aromatic carbocycles. The summed E-state index contributed by atoms with van der Waals surface area (Å²) in [5.41, 5.74) is 9.50. The molecule has 2 N–H and O–H groups in total. The highest BCUT2D eigenvalue weighted by Gasteiger charge is 2.27. The molecule has 94 valence electrons. The largest absolute Gasteiger partial charge is 0.375 e. The topological polar surface area (TPSA) is 38.9 Å². The number of nitrogens with two attached hydrogens (primary N) is 1. The van der Waals surface area contributed by atoms with Gasteiger partial charge in [-0.05, 0) is 29.9 Å². The van der Waals surface area contributed by atoms with E-state index in [4.69, 9.17) is 5.73 Å². The third kappa shape index (κ3) is 2.03. The molecule has 1 heterocycles. The van der Waals surface area contributed by atoms with Gasteiger partial charge in [-0.3, -0.25) is 0 Å². The van der Waals surface area contributed by atoms with Crippen molar-refractivity contribution in [3.63, 3.8) is 0 Å². The Labute approximate surface area is 112 Å². The number of nitrogens with zero attached hydrogens (tertiary/aromatic N) is 1. The second-order valence-corrected chi connectivity index (χ2v) is 6.48. The van der Waals surface area contributed by atoms with E-state index in [-0.39, 0.29) is 5.41 Å². The van der Waals surface area contributed by atoms with Crippen LogP contribution in [0.1, 0.15) is 49.4 Å². The third-order valence-corrected chi connectivity index (χ3v) is 4.52. The van der Waals surface area contributed by atoms with Gasteiger partial charge in [0.25, 0.3) is 0 Å². The van der Waals surface area contributed by atoms with Crippen molar-refractivity contribution in [1.82, 2.24) is 4.98 Å². The molecule has 1 aromatic heterocycles. The van der Waals surface area contributed by atoms with Crippen molar-refractivity contribution in [3.05, 3.63) is 46.5 Å². The average Bonchev–Trinajstić information content (AvgIpc) is 3.11. The summed E-state index contributed by atoms with van der Waals surface area (Å²) in [4.78, 5) is 4.42. The van der Waals surface area contributed by atoms with Gasteiger partial charge in [0.2, 0.25) is 0 Å². The Morgan fingerprint density at radius 1 is 1.22 bits per heavy atom. The fourth-order valence-electron chi connectivity index (χ4n) is 2.31. The standard InChI is InChI=1S/C15H18N2S/c1-15(2,13-9-18-14(16)17-13)12-7-5-11(6-8-12)10-3-4-10/h5-10H,3-4H2,1-2H3,(H2,16,17). The van der Waals surface area contributed by atoms with Crippen LogP contribution in [0.3, 0.4) is 0 Å². The van der Waals surface area contributed by atoms with Gasteiger partial charge in [0.15, 0.2) is 5.13 Å². The molecule has 0 saturated heterocycles. The molecule has 1 aliphatic rings. The second kappa shape index (κ2) is 4.09. The molecule has 3 heteroatoms. The van der Waals surface area contributed by atoms with E-state index in [0.717, 1.165) is 11.6 Å². The Morgan fingerprint density at radius 3 is 2.39 bits per heavy atom. The first kappa shape index (κ1) is 11.7. The molecule has 3 rings (SSSR count). The molecular formula is C15H18N2S. The van der Waals surface area contributed by atoms with E-state index in [1.54, 1.807) is 0 Å². The van der Waals surface area contributed by atoms with Crippen LogP contribution in [0.5, 0.6) is 0 Å². The van der Waals surface area contributed by atoms with Gasteiger partial charge < -0.3 is 5.73 Å². The quantitative estimate of drug-likeness (QED) is 0.906. The summed E-state index contributed by atoms with van der Waals surface area (Å²) in [5, 5.41) is 2.71. The van der Waals surface area contributed by atoms with Crippen LogP contribution in [0.25, 0.3) is 0 Å². The van der Waals surface area contributed by atoms with Gasteiger partial charge in [-0.2, -0.15) is 0 Å². The molecule has 1 aliphatic carbocycles. The zero-order valence-corrected chi connectivity index (χ0v) is 11.6. The van der Waals surface area contributed by atoms with Gasteiger partial charge >= 0.3 is 0 Å². The monoisotopic (exact) mass is 258 g/mol. The highest BCUT2D eigenvalue weighted by Crippen LogP contribution is 2.41. The van der Waals surface area contributed by atoms with Crippen LogP contribution >= 0.6 is 11.3 Å². The molecule has 1 fully saturated rings. The minimum atomic E-state index is -0.0732. The molecule has 0 bridgehead atoms. The Morgan fingerprint density at radius 2 is 1.89 bits per heavy atom. The molecule has 2 nitrogen and oxygen atoms in total. The maximum atomic E-state index is 5.73. The van der Waals surface area contributed by atoms with Crippen molar-refractivity contribution in [1.29, 1.82) is 0 Å². The molecule has 18 heavy (non-hydrogen) atoms. The summed E-state index contributed by atoms with van der Waals surface area (Å²) in [6, 6.07) is 9.02. The average molecular weight is 258 g/mol. The van der Waals surface area contributed by atoms with Crippen molar-refractivity contribution in [2.75, 3.05) is 5.73 Å². The third-order valence-electron chi connectivity index (χ3n) is 3.84. The number of rotatable bonds is 3. The molecule has 2 aromatic rings. The van der Waals surface area contributed by atoms with Crippen LogP contribution in [0, 0.1) is 0 Å². The first-order valence-electron chi connectivity index (χ1n) is 6.39. The number of hydrogen-bond donors (Lipinski definition) is 1. The van der Waals surface area contributed by atoms with Gasteiger partial charge in [-0.15, -0.1) is 11.3 Å². The van der Waals surface area contributed by atoms with Crippen molar-refractivity contribution >= 4 is 16.5 Å². The number of nitrogen functional groups attached to an aromatic ring is 1. The highest BCUT2D eigenvalue weighted by atomic mass is 32.1. The number of thiazole rings is 1. The van der Waals surface area contributed by atoms with Crippen LogP contribution in [-0.4, -0.2) is 4.98 Å². The molecule has 0 unspecified atom stereocenters. The van der Waals surface area contributed by atoms with Crippen LogP contribution in [0.2, 0.25) is 0 Å². The zero-order valence-electron chi connectivity index (χ0n) is 10.8. The second-order valence-electron chi connectivity index (χ2n) is 5.59. The first-order chi connectivity index (χ1) is 8.57. The first-order valence-corrected chi connectivity index (χ1v) is 7.27. The van der Waals surface area contributed by atoms with E-state index in [1.165, 1.54) is 35.3 Å². The fourth-order valence-corrected chi connectivity index (χ4v) is 3.04. The van der Waals surface area contributed by atoms with Crippen molar-refractivity contribution < 1.29 is 0 Å². The molecule has 0 aliphatic heterocycles. The van der Waals surface area contributed by atoms with Crippen LogP contribution in [0.4, 0.5) is 5.13 Å². The molecule has 1 saturated carbocycles. The maximum Gasteiger partial charge on any atom is 0.180 e. The Hall–Kier alpha value is -1.35. The fraction of sp³-hybridized carbons (Fsp3) is 0.400. The lowest BCUT2D eigenvalue weighted by Crippen LogP contribution is -2.19. The number of anilines is 1. The van der Waals surface area contributed by atoms with E-state index in [2.05, 4.69) is 48.5 Å². The molecule has 0 amide bonds. The van der Waals surface area contributed by atoms with Crippen molar-refractivity contribution in [2.24, 2.45) is 0 Å². The van der Waals surface area contributed by atoms with E-state index >= 15 is 0 Å². The summed E-state index contributed by atoms with van der Waals surface area (Å²) < 4.78 is 0. The molecule has 0 spiro atoms. The minimum absolute atomic E-state index is 0.0732. The predicted octanol–water partition coefficient (Wildman–Crippen LogP) is 3.93. The lowest BCUT2D eigenvalue weighted by molar-refractivity contribution is 0.622. The Bertz CT molecular complexity index is 550. The predicted molar refractivity (Wildman–Crippen MR) is 77.1 cm³/mol. The number of benzene rings is 1. The Balaban J connectivity index is 1.92. The van der Waals surface area contributed by atoms with Crippen LogP contribution in [0.15, 0.2) is 29.6 Å². The maximum absolute atomic E-state index is 5.73.